The van der Waals surface area contributed by atoms with Crippen LogP contribution in [-0.2, 0) is 18.3 Å². The minimum Gasteiger partial charge on any atom is -0.481 e. The number of carbonyl (C=O) groups is 1. The van der Waals surface area contributed by atoms with E-state index in [0.29, 0.717) is 0 Å². The molecule has 0 spiro atoms. The van der Waals surface area contributed by atoms with Crippen LogP contribution in [0.3, 0.4) is 0 Å². The number of carboxylic acids is 1. The van der Waals surface area contributed by atoms with Crippen LogP contribution in [0.25, 0.3) is 0 Å². The average Bonchev–Trinajstić information content (AvgIpc) is 2.46. The molecule has 0 bridgehead atoms. The van der Waals surface area contributed by atoms with Crippen molar-refractivity contribution in [3.05, 3.63) is 17.7 Å². The van der Waals surface area contributed by atoms with E-state index in [1.165, 1.54) is 0 Å². The first kappa shape index (κ1) is 10.2. The summed E-state index contributed by atoms with van der Waals surface area (Å²) in [6.45, 7) is 4.03. The van der Waals surface area contributed by atoms with Crippen molar-refractivity contribution in [2.45, 2.75) is 32.6 Å². The van der Waals surface area contributed by atoms with Crippen LogP contribution in [0.1, 0.15) is 37.6 Å². The van der Waals surface area contributed by atoms with Gasteiger partial charge in [0.2, 0.25) is 0 Å². The van der Waals surface area contributed by atoms with E-state index >= 15 is 0 Å². The average molecular weight is 208 g/mol. The van der Waals surface area contributed by atoms with Crippen LogP contribution in [0.2, 0.25) is 0 Å². The molecule has 82 valence electrons. The van der Waals surface area contributed by atoms with Gasteiger partial charge in [0, 0.05) is 7.05 Å². The fourth-order valence-corrected chi connectivity index (χ4v) is 2.46. The van der Waals surface area contributed by atoms with Crippen LogP contribution >= 0.6 is 0 Å². The standard InChI is InChI=1S/C11H16N2O2/c1-11(2)5-4-7-9(8(11)10(14)15)13(3)6-12-7/h6,8H,4-5H2,1-3H3,(H,14,15). The molecule has 1 aliphatic rings. The van der Waals surface area contributed by atoms with Gasteiger partial charge in [0.15, 0.2) is 0 Å². The molecule has 4 nitrogen and oxygen atoms in total. The molecule has 1 unspecified atom stereocenters. The number of hydrogen-bond acceptors (Lipinski definition) is 2. The molecule has 15 heavy (non-hydrogen) atoms. The van der Waals surface area contributed by atoms with E-state index in [-0.39, 0.29) is 5.41 Å². The second kappa shape index (κ2) is 3.08. The third-order valence-electron chi connectivity index (χ3n) is 3.37. The lowest BCUT2D eigenvalue weighted by Gasteiger charge is -2.35. The SMILES string of the molecule is Cn1cnc2c1C(C(=O)O)C(C)(C)CC2. The number of carboxylic acid groups (broad SMARTS) is 1. The molecule has 1 aromatic heterocycles. The maximum Gasteiger partial charge on any atom is 0.313 e. The Kier molecular flexibility index (Phi) is 2.10. The lowest BCUT2D eigenvalue weighted by molar-refractivity contribution is -0.142. The Bertz CT molecular complexity index is 407. The Morgan fingerprint density at radius 2 is 2.33 bits per heavy atom. The number of nitrogens with zero attached hydrogens (tertiary/aromatic N) is 2. The molecule has 0 aromatic carbocycles. The molecule has 0 aliphatic heterocycles. The highest BCUT2D eigenvalue weighted by Gasteiger charge is 2.42. The van der Waals surface area contributed by atoms with Crippen molar-refractivity contribution in [3.63, 3.8) is 0 Å². The van der Waals surface area contributed by atoms with Gasteiger partial charge in [-0.3, -0.25) is 4.79 Å². The van der Waals surface area contributed by atoms with Crippen LogP contribution < -0.4 is 0 Å². The summed E-state index contributed by atoms with van der Waals surface area (Å²) in [5.41, 5.74) is 1.63. The number of rotatable bonds is 1. The summed E-state index contributed by atoms with van der Waals surface area (Å²) in [5.74, 6) is -1.18. The second-order valence-electron chi connectivity index (χ2n) is 4.95. The van der Waals surface area contributed by atoms with Crippen LogP contribution in [0.4, 0.5) is 0 Å². The van der Waals surface area contributed by atoms with E-state index in [1.807, 2.05) is 25.5 Å². The van der Waals surface area contributed by atoms with Crippen LogP contribution in [0, 0.1) is 5.41 Å². The summed E-state index contributed by atoms with van der Waals surface area (Å²) < 4.78 is 1.84. The molecular weight excluding hydrogens is 192 g/mol. The summed E-state index contributed by atoms with van der Waals surface area (Å²) >= 11 is 0. The monoisotopic (exact) mass is 208 g/mol. The minimum absolute atomic E-state index is 0.188. The van der Waals surface area contributed by atoms with E-state index in [1.54, 1.807) is 6.33 Å². The van der Waals surface area contributed by atoms with Gasteiger partial charge >= 0.3 is 5.97 Å². The summed E-state index contributed by atoms with van der Waals surface area (Å²) in [5, 5.41) is 9.32. The Balaban J connectivity index is 2.56. The number of hydrogen-bond donors (Lipinski definition) is 1. The highest BCUT2D eigenvalue weighted by Crippen LogP contribution is 2.44. The number of aryl methyl sites for hydroxylation is 2. The van der Waals surface area contributed by atoms with Gasteiger partial charge in [-0.25, -0.2) is 4.98 Å². The molecule has 1 aromatic rings. The van der Waals surface area contributed by atoms with Crippen molar-refractivity contribution in [2.24, 2.45) is 12.5 Å². The number of imidazole rings is 1. The maximum atomic E-state index is 11.3. The molecule has 0 fully saturated rings. The molecular formula is C11H16N2O2. The van der Waals surface area contributed by atoms with Crippen LogP contribution in [0.15, 0.2) is 6.33 Å². The van der Waals surface area contributed by atoms with Crippen molar-refractivity contribution in [1.29, 1.82) is 0 Å². The number of aromatic nitrogens is 2. The van der Waals surface area contributed by atoms with Crippen LogP contribution in [-0.4, -0.2) is 20.6 Å². The van der Waals surface area contributed by atoms with Crippen molar-refractivity contribution >= 4 is 5.97 Å². The van der Waals surface area contributed by atoms with Gasteiger partial charge in [0.25, 0.3) is 0 Å². The quantitative estimate of drug-likeness (QED) is 0.762. The molecule has 1 aliphatic carbocycles. The van der Waals surface area contributed by atoms with Gasteiger partial charge < -0.3 is 9.67 Å². The van der Waals surface area contributed by atoms with Crippen molar-refractivity contribution in [3.8, 4) is 0 Å². The minimum atomic E-state index is -0.746. The molecule has 0 radical (unpaired) electrons. The third kappa shape index (κ3) is 1.44. The highest BCUT2D eigenvalue weighted by atomic mass is 16.4. The van der Waals surface area contributed by atoms with E-state index in [4.69, 9.17) is 0 Å². The first-order valence-electron chi connectivity index (χ1n) is 5.16. The molecule has 0 amide bonds. The normalized spacial score (nSPS) is 23.5. The predicted octanol–water partition coefficient (Wildman–Crippen LogP) is 1.56. The van der Waals surface area contributed by atoms with E-state index < -0.39 is 11.9 Å². The summed E-state index contributed by atoms with van der Waals surface area (Å²) in [7, 11) is 1.86. The lowest BCUT2D eigenvalue weighted by atomic mass is 9.69. The van der Waals surface area contributed by atoms with E-state index in [9.17, 15) is 9.90 Å². The largest absolute Gasteiger partial charge is 0.481 e. The highest BCUT2D eigenvalue weighted by molar-refractivity contribution is 5.77. The second-order valence-corrected chi connectivity index (χ2v) is 4.95. The predicted molar refractivity (Wildman–Crippen MR) is 55.7 cm³/mol. The fourth-order valence-electron chi connectivity index (χ4n) is 2.46. The van der Waals surface area contributed by atoms with Crippen molar-refractivity contribution in [1.82, 2.24) is 9.55 Å². The Labute approximate surface area is 88.9 Å². The topological polar surface area (TPSA) is 55.1 Å². The molecule has 1 heterocycles. The molecule has 1 N–H and O–H groups in total. The molecule has 0 saturated heterocycles. The lowest BCUT2D eigenvalue weighted by Crippen LogP contribution is -2.34. The van der Waals surface area contributed by atoms with Gasteiger partial charge in [0.05, 0.1) is 17.7 Å². The zero-order valence-corrected chi connectivity index (χ0v) is 9.32. The summed E-state index contributed by atoms with van der Waals surface area (Å²) in [6.07, 6.45) is 3.48. The summed E-state index contributed by atoms with van der Waals surface area (Å²) in [4.78, 5) is 15.6. The van der Waals surface area contributed by atoms with E-state index in [0.717, 1.165) is 24.2 Å². The smallest absolute Gasteiger partial charge is 0.313 e. The van der Waals surface area contributed by atoms with Gasteiger partial charge in [-0.1, -0.05) is 13.8 Å². The van der Waals surface area contributed by atoms with Crippen molar-refractivity contribution < 1.29 is 9.90 Å². The molecule has 1 atom stereocenters. The zero-order chi connectivity index (χ0) is 11.2. The number of aliphatic carboxylic acids is 1. The number of fused-ring (bicyclic) bond motifs is 1. The Hall–Kier alpha value is -1.32. The van der Waals surface area contributed by atoms with Gasteiger partial charge in [-0.05, 0) is 18.3 Å². The van der Waals surface area contributed by atoms with Gasteiger partial charge in [-0.15, -0.1) is 0 Å². The first-order chi connectivity index (χ1) is 6.93. The van der Waals surface area contributed by atoms with E-state index in [2.05, 4.69) is 4.98 Å². The first-order valence-corrected chi connectivity index (χ1v) is 5.16. The molecule has 4 heteroatoms. The fraction of sp³-hybridized carbons (Fsp3) is 0.636. The molecule has 2 rings (SSSR count). The van der Waals surface area contributed by atoms with Gasteiger partial charge in [0.1, 0.15) is 5.92 Å². The maximum absolute atomic E-state index is 11.3. The molecule has 0 saturated carbocycles. The Morgan fingerprint density at radius 1 is 1.67 bits per heavy atom. The van der Waals surface area contributed by atoms with Gasteiger partial charge in [-0.2, -0.15) is 0 Å². The van der Waals surface area contributed by atoms with Crippen molar-refractivity contribution in [2.75, 3.05) is 0 Å². The Morgan fingerprint density at radius 3 is 2.93 bits per heavy atom. The summed E-state index contributed by atoms with van der Waals surface area (Å²) in [6, 6.07) is 0. The van der Waals surface area contributed by atoms with Crippen LogP contribution in [0.5, 0.6) is 0 Å². The third-order valence-corrected chi connectivity index (χ3v) is 3.37. The zero-order valence-electron chi connectivity index (χ0n) is 9.32.